The van der Waals surface area contributed by atoms with Crippen molar-refractivity contribution in [3.8, 4) is 11.3 Å². The fraction of sp³-hybridized carbons (Fsp3) is 0.0714. The number of nitrogen functional groups attached to an aromatic ring is 1. The van der Waals surface area contributed by atoms with Crippen LogP contribution in [0, 0.1) is 0 Å². The second-order valence-corrected chi connectivity index (χ2v) is 5.92. The summed E-state index contributed by atoms with van der Waals surface area (Å²) in [4.78, 5) is 17.4. The van der Waals surface area contributed by atoms with Gasteiger partial charge in [-0.3, -0.25) is 9.78 Å². The van der Waals surface area contributed by atoms with Gasteiger partial charge >= 0.3 is 0 Å². The predicted octanol–water partition coefficient (Wildman–Crippen LogP) is 3.00. The van der Waals surface area contributed by atoms with Crippen molar-refractivity contribution in [2.24, 2.45) is 0 Å². The zero-order valence-corrected chi connectivity index (χ0v) is 12.8. The van der Waals surface area contributed by atoms with Gasteiger partial charge in [0.2, 0.25) is 0 Å². The van der Waals surface area contributed by atoms with Gasteiger partial charge in [0.15, 0.2) is 5.82 Å². The van der Waals surface area contributed by atoms with E-state index < -0.39 is 0 Å². The summed E-state index contributed by atoms with van der Waals surface area (Å²) in [5, 5.41) is 6.76. The third-order valence-electron chi connectivity index (χ3n) is 2.91. The van der Waals surface area contributed by atoms with Gasteiger partial charge in [0.25, 0.3) is 5.91 Å². The number of pyridine rings is 1. The Labute approximate surface area is 129 Å². The molecule has 2 N–H and O–H groups in total. The standard InChI is InChI=1S/C14H12N4OS2/c1-20-14-11(9-5-2-3-7-16-9)12(15)17-18(14)13(19)10-6-4-8-21-10/h2-8H,1H3,(H2,15,17). The number of thioether (sulfide) groups is 1. The van der Waals surface area contributed by atoms with Gasteiger partial charge in [-0.05, 0) is 29.8 Å². The zero-order chi connectivity index (χ0) is 14.8. The Kier molecular flexibility index (Phi) is 3.76. The Balaban J connectivity index is 2.14. The van der Waals surface area contributed by atoms with Crippen molar-refractivity contribution in [2.45, 2.75) is 5.03 Å². The summed E-state index contributed by atoms with van der Waals surface area (Å²) in [5.41, 5.74) is 7.42. The molecule has 0 aliphatic carbocycles. The highest BCUT2D eigenvalue weighted by Gasteiger charge is 2.23. The van der Waals surface area contributed by atoms with E-state index in [0.717, 1.165) is 0 Å². The Morgan fingerprint density at radius 1 is 1.33 bits per heavy atom. The SMILES string of the molecule is CSc1c(-c2ccccn2)c(N)nn1C(=O)c1cccs1. The quantitative estimate of drug-likeness (QED) is 0.752. The second-order valence-electron chi connectivity index (χ2n) is 4.18. The molecule has 3 rings (SSSR count). The third-order valence-corrected chi connectivity index (χ3v) is 4.53. The van der Waals surface area contributed by atoms with Gasteiger partial charge in [-0.2, -0.15) is 4.68 Å². The average molecular weight is 316 g/mol. The van der Waals surface area contributed by atoms with E-state index in [1.807, 2.05) is 35.9 Å². The van der Waals surface area contributed by atoms with Crippen LogP contribution >= 0.6 is 23.1 Å². The van der Waals surface area contributed by atoms with Crippen molar-refractivity contribution >= 4 is 34.8 Å². The largest absolute Gasteiger partial charge is 0.382 e. The Morgan fingerprint density at radius 3 is 2.81 bits per heavy atom. The highest BCUT2D eigenvalue weighted by atomic mass is 32.2. The fourth-order valence-electron chi connectivity index (χ4n) is 2.00. The molecule has 106 valence electrons. The molecular formula is C14H12N4OS2. The van der Waals surface area contributed by atoms with Crippen molar-refractivity contribution in [2.75, 3.05) is 12.0 Å². The number of rotatable bonds is 3. The zero-order valence-electron chi connectivity index (χ0n) is 11.2. The van der Waals surface area contributed by atoms with E-state index in [1.165, 1.54) is 27.8 Å². The summed E-state index contributed by atoms with van der Waals surface area (Å²) in [6, 6.07) is 9.18. The van der Waals surface area contributed by atoms with E-state index >= 15 is 0 Å². The van der Waals surface area contributed by atoms with Crippen molar-refractivity contribution < 1.29 is 4.79 Å². The maximum Gasteiger partial charge on any atom is 0.289 e. The van der Waals surface area contributed by atoms with Crippen LogP contribution < -0.4 is 5.73 Å². The molecule has 0 aromatic carbocycles. The lowest BCUT2D eigenvalue weighted by atomic mass is 10.2. The van der Waals surface area contributed by atoms with Crippen molar-refractivity contribution in [3.05, 3.63) is 46.8 Å². The van der Waals surface area contributed by atoms with Crippen molar-refractivity contribution in [1.82, 2.24) is 14.8 Å². The molecule has 3 heterocycles. The van der Waals surface area contributed by atoms with E-state index in [9.17, 15) is 4.79 Å². The maximum atomic E-state index is 12.5. The van der Waals surface area contributed by atoms with Crippen LogP contribution in [0.15, 0.2) is 46.9 Å². The van der Waals surface area contributed by atoms with Crippen molar-refractivity contribution in [1.29, 1.82) is 0 Å². The number of thiophene rings is 1. The van der Waals surface area contributed by atoms with E-state index in [1.54, 1.807) is 12.3 Å². The van der Waals surface area contributed by atoms with E-state index in [4.69, 9.17) is 5.73 Å². The summed E-state index contributed by atoms with van der Waals surface area (Å²) in [5.74, 6) is 0.131. The molecule has 0 aliphatic heterocycles. The smallest absolute Gasteiger partial charge is 0.289 e. The number of nitrogens with two attached hydrogens (primary N) is 1. The molecule has 21 heavy (non-hydrogen) atoms. The number of hydrogen-bond acceptors (Lipinski definition) is 6. The minimum atomic E-state index is -0.178. The van der Waals surface area contributed by atoms with Gasteiger partial charge in [-0.1, -0.05) is 12.1 Å². The third kappa shape index (κ3) is 2.45. The number of hydrogen-bond donors (Lipinski definition) is 1. The lowest BCUT2D eigenvalue weighted by Gasteiger charge is -2.04. The molecule has 0 fully saturated rings. The van der Waals surface area contributed by atoms with Crippen LogP contribution in [0.3, 0.4) is 0 Å². The molecule has 0 spiro atoms. The highest BCUT2D eigenvalue weighted by molar-refractivity contribution is 7.98. The van der Waals surface area contributed by atoms with Gasteiger partial charge in [-0.15, -0.1) is 28.2 Å². The van der Waals surface area contributed by atoms with E-state index in [0.29, 0.717) is 27.0 Å². The average Bonchev–Trinajstić information content (AvgIpc) is 3.14. The monoisotopic (exact) mass is 316 g/mol. The van der Waals surface area contributed by atoms with Crippen LogP contribution in [0.4, 0.5) is 5.82 Å². The van der Waals surface area contributed by atoms with Crippen LogP contribution in [0.25, 0.3) is 11.3 Å². The number of nitrogens with zero attached hydrogens (tertiary/aromatic N) is 3. The van der Waals surface area contributed by atoms with Gasteiger partial charge in [-0.25, -0.2) is 0 Å². The minimum absolute atomic E-state index is 0.178. The number of carbonyl (C=O) groups excluding carboxylic acids is 1. The van der Waals surface area contributed by atoms with Crippen LogP contribution in [0.2, 0.25) is 0 Å². The number of aromatic nitrogens is 3. The molecule has 7 heteroatoms. The maximum absolute atomic E-state index is 12.5. The molecule has 3 aromatic heterocycles. The fourth-order valence-corrected chi connectivity index (χ4v) is 3.36. The molecule has 3 aromatic rings. The second kappa shape index (κ2) is 5.71. The molecule has 0 atom stereocenters. The lowest BCUT2D eigenvalue weighted by molar-refractivity contribution is 0.0939. The van der Waals surface area contributed by atoms with Crippen LogP contribution in [-0.4, -0.2) is 26.9 Å². The molecule has 0 amide bonds. The Bertz CT molecular complexity index is 766. The van der Waals surface area contributed by atoms with Gasteiger partial charge < -0.3 is 5.73 Å². The molecule has 0 unspecified atom stereocenters. The van der Waals surface area contributed by atoms with Crippen LogP contribution in [-0.2, 0) is 0 Å². The Morgan fingerprint density at radius 2 is 2.19 bits per heavy atom. The minimum Gasteiger partial charge on any atom is -0.382 e. The number of anilines is 1. The molecule has 0 radical (unpaired) electrons. The van der Waals surface area contributed by atoms with Crippen LogP contribution in [0.5, 0.6) is 0 Å². The lowest BCUT2D eigenvalue weighted by Crippen LogP contribution is -2.13. The summed E-state index contributed by atoms with van der Waals surface area (Å²) in [7, 11) is 0. The molecule has 0 saturated heterocycles. The van der Waals surface area contributed by atoms with E-state index in [-0.39, 0.29) is 5.91 Å². The molecule has 0 bridgehead atoms. The van der Waals surface area contributed by atoms with Crippen LogP contribution in [0.1, 0.15) is 9.67 Å². The summed E-state index contributed by atoms with van der Waals surface area (Å²) in [6.07, 6.45) is 3.58. The van der Waals surface area contributed by atoms with Gasteiger partial charge in [0.1, 0.15) is 5.03 Å². The highest BCUT2D eigenvalue weighted by Crippen LogP contribution is 2.34. The first-order valence-electron chi connectivity index (χ1n) is 6.14. The Hall–Kier alpha value is -2.12. The first-order chi connectivity index (χ1) is 10.2. The van der Waals surface area contributed by atoms with E-state index in [2.05, 4.69) is 10.1 Å². The predicted molar refractivity (Wildman–Crippen MR) is 85.7 cm³/mol. The topological polar surface area (TPSA) is 73.8 Å². The summed E-state index contributed by atoms with van der Waals surface area (Å²) >= 11 is 2.81. The normalized spacial score (nSPS) is 10.7. The summed E-state index contributed by atoms with van der Waals surface area (Å²) < 4.78 is 1.36. The number of carbonyl (C=O) groups is 1. The first kappa shape index (κ1) is 13.8. The summed E-state index contributed by atoms with van der Waals surface area (Å²) in [6.45, 7) is 0. The molecule has 0 aliphatic rings. The van der Waals surface area contributed by atoms with Crippen molar-refractivity contribution in [3.63, 3.8) is 0 Å². The first-order valence-corrected chi connectivity index (χ1v) is 8.25. The molecule has 5 nitrogen and oxygen atoms in total. The molecular weight excluding hydrogens is 304 g/mol. The van der Waals surface area contributed by atoms with Gasteiger partial charge in [0, 0.05) is 6.20 Å². The van der Waals surface area contributed by atoms with Gasteiger partial charge in [0.05, 0.1) is 16.1 Å². The molecule has 0 saturated carbocycles.